The van der Waals surface area contributed by atoms with Gasteiger partial charge in [-0.2, -0.15) is 0 Å². The van der Waals surface area contributed by atoms with Gasteiger partial charge < -0.3 is 28.8 Å². The van der Waals surface area contributed by atoms with Crippen molar-refractivity contribution in [2.45, 2.75) is 136 Å². The molecule has 0 aromatic carbocycles. The summed E-state index contributed by atoms with van der Waals surface area (Å²) < 4.78 is 29.8. The fourth-order valence-electron chi connectivity index (χ4n) is 5.96. The number of methoxy groups -OCH3 is 1. The van der Waals surface area contributed by atoms with Crippen LogP contribution in [0.3, 0.4) is 0 Å². The molecule has 2 aliphatic heterocycles. The van der Waals surface area contributed by atoms with Crippen molar-refractivity contribution < 1.29 is 33.6 Å². The average Bonchev–Trinajstić information content (AvgIpc) is 3.25. The molecule has 234 valence electrons. The lowest BCUT2D eigenvalue weighted by Crippen LogP contribution is -2.36. The molecule has 41 heavy (non-hydrogen) atoms. The first-order valence-corrected chi connectivity index (χ1v) is 16.0. The summed E-state index contributed by atoms with van der Waals surface area (Å²) in [6.45, 7) is 10.3. The van der Waals surface area contributed by atoms with Crippen molar-refractivity contribution in [3.8, 4) is 0 Å². The molecular formula is C34H56O7. The van der Waals surface area contributed by atoms with Crippen LogP contribution in [0.1, 0.15) is 105 Å². The van der Waals surface area contributed by atoms with E-state index >= 15 is 0 Å². The molecule has 0 bridgehead atoms. The molecule has 7 atom stereocenters. The largest absolute Gasteiger partial charge is 0.469 e. The molecule has 7 heteroatoms. The van der Waals surface area contributed by atoms with E-state index in [0.29, 0.717) is 12.8 Å². The molecule has 2 heterocycles. The molecular weight excluding hydrogens is 520 g/mol. The van der Waals surface area contributed by atoms with Crippen molar-refractivity contribution in [2.24, 2.45) is 17.3 Å². The number of unbranched alkanes of at least 4 members (excludes halogenated alkanes) is 1. The quantitative estimate of drug-likeness (QED) is 0.127. The predicted octanol–water partition coefficient (Wildman–Crippen LogP) is 7.04. The fraction of sp³-hybridized carbons (Fsp3) is 0.794. The second-order valence-corrected chi connectivity index (χ2v) is 12.9. The normalized spacial score (nSPS) is 30.1. The molecule has 0 amide bonds. The number of hydrogen-bond acceptors (Lipinski definition) is 7. The van der Waals surface area contributed by atoms with Crippen LogP contribution in [0, 0.1) is 17.3 Å². The maximum absolute atomic E-state index is 11.4. The Labute approximate surface area is 248 Å². The van der Waals surface area contributed by atoms with Crippen molar-refractivity contribution in [1.29, 1.82) is 0 Å². The van der Waals surface area contributed by atoms with Crippen LogP contribution in [0.5, 0.6) is 0 Å². The zero-order valence-electron chi connectivity index (χ0n) is 26.2. The van der Waals surface area contributed by atoms with Crippen LogP contribution in [-0.4, -0.2) is 62.3 Å². The molecule has 2 saturated heterocycles. The van der Waals surface area contributed by atoms with Gasteiger partial charge in [0.1, 0.15) is 0 Å². The summed E-state index contributed by atoms with van der Waals surface area (Å²) in [5.41, 5.74) is 1.16. The number of aliphatic hydroxyl groups is 1. The van der Waals surface area contributed by atoms with Gasteiger partial charge in [-0.25, -0.2) is 0 Å². The number of rotatable bonds is 15. The lowest BCUT2D eigenvalue weighted by atomic mass is 9.81. The van der Waals surface area contributed by atoms with E-state index in [9.17, 15) is 9.90 Å². The van der Waals surface area contributed by atoms with Gasteiger partial charge >= 0.3 is 5.97 Å². The van der Waals surface area contributed by atoms with Crippen molar-refractivity contribution >= 4 is 5.97 Å². The zero-order valence-corrected chi connectivity index (χ0v) is 26.2. The van der Waals surface area contributed by atoms with Crippen LogP contribution < -0.4 is 0 Å². The number of carbonyl (C=O) groups excluding carboxylic acids is 1. The van der Waals surface area contributed by atoms with Crippen LogP contribution in [-0.2, 0) is 28.5 Å². The number of ether oxygens (including phenoxy) is 5. The standard InChI is InChI=1S/C34H56O7/c1-25(2)20-21-34(3,4)30(41-33-17-11-13-23-39-33)19-18-27-26(14-8-6-7-9-15-31(36)37-5)28(35)24-29(27)40-32-16-10-12-22-38-32/h6,8,18-20,26-30,32-33,35H,7,9-17,21-24H2,1-5H3/t26-,27-,28-,29-,30-,32?,33?/m1/s1. The Morgan fingerprint density at radius 3 is 2.39 bits per heavy atom. The van der Waals surface area contributed by atoms with Gasteiger partial charge in [-0.1, -0.05) is 49.8 Å². The smallest absolute Gasteiger partial charge is 0.305 e. The molecule has 0 aromatic rings. The molecule has 2 unspecified atom stereocenters. The van der Waals surface area contributed by atoms with E-state index in [1.54, 1.807) is 0 Å². The summed E-state index contributed by atoms with van der Waals surface area (Å²) in [5.74, 6) is -0.111. The molecule has 1 saturated carbocycles. The molecule has 0 spiro atoms. The number of hydrogen-bond donors (Lipinski definition) is 1. The van der Waals surface area contributed by atoms with Crippen LogP contribution in [0.25, 0.3) is 0 Å². The van der Waals surface area contributed by atoms with Gasteiger partial charge in [0.25, 0.3) is 0 Å². The van der Waals surface area contributed by atoms with Gasteiger partial charge in [-0.05, 0) is 89.4 Å². The third-order valence-electron chi connectivity index (χ3n) is 8.66. The number of allylic oxidation sites excluding steroid dienone is 4. The van der Waals surface area contributed by atoms with E-state index in [-0.39, 0.29) is 48.0 Å². The number of esters is 1. The minimum absolute atomic E-state index is 0.0316. The summed E-state index contributed by atoms with van der Waals surface area (Å²) in [4.78, 5) is 11.4. The summed E-state index contributed by atoms with van der Waals surface area (Å²) in [7, 11) is 1.42. The van der Waals surface area contributed by atoms with Crippen molar-refractivity contribution in [2.75, 3.05) is 20.3 Å². The monoisotopic (exact) mass is 576 g/mol. The van der Waals surface area contributed by atoms with Gasteiger partial charge in [0.05, 0.1) is 25.4 Å². The Bertz CT molecular complexity index is 847. The zero-order chi connectivity index (χ0) is 29.7. The molecule has 3 rings (SSSR count). The number of carbonyl (C=O) groups is 1. The van der Waals surface area contributed by atoms with Crippen LogP contribution >= 0.6 is 0 Å². The first-order valence-electron chi connectivity index (χ1n) is 16.0. The summed E-state index contributed by atoms with van der Waals surface area (Å²) in [6.07, 6.45) is 20.3. The van der Waals surface area contributed by atoms with E-state index in [2.05, 4.69) is 58.1 Å². The Hall–Kier alpha value is -1.51. The van der Waals surface area contributed by atoms with Gasteiger partial charge in [0.2, 0.25) is 0 Å². The molecule has 3 aliphatic rings. The second kappa shape index (κ2) is 17.6. The van der Waals surface area contributed by atoms with Crippen LogP contribution in [0.15, 0.2) is 36.0 Å². The molecule has 1 aliphatic carbocycles. The SMILES string of the molecule is COC(=O)CCCC=CC[C@@H]1[C@@H](C=C[C@@H](OC2CCCCO2)C(C)(C)CC=C(C)C)[C@H](OC2CCCCO2)C[C@H]1O. The van der Waals surface area contributed by atoms with E-state index in [4.69, 9.17) is 23.7 Å². The van der Waals surface area contributed by atoms with Gasteiger partial charge in [0, 0.05) is 32.0 Å². The van der Waals surface area contributed by atoms with E-state index in [1.807, 2.05) is 0 Å². The lowest BCUT2D eigenvalue weighted by Gasteiger charge is -2.36. The third-order valence-corrected chi connectivity index (χ3v) is 8.66. The van der Waals surface area contributed by atoms with Crippen LogP contribution in [0.2, 0.25) is 0 Å². The summed E-state index contributed by atoms with van der Waals surface area (Å²) in [5, 5.41) is 11.2. The first-order chi connectivity index (χ1) is 19.7. The minimum atomic E-state index is -0.460. The highest BCUT2D eigenvalue weighted by Gasteiger charge is 2.43. The predicted molar refractivity (Wildman–Crippen MR) is 161 cm³/mol. The lowest BCUT2D eigenvalue weighted by molar-refractivity contribution is -0.197. The second-order valence-electron chi connectivity index (χ2n) is 12.9. The van der Waals surface area contributed by atoms with Gasteiger partial charge in [0.15, 0.2) is 12.6 Å². The van der Waals surface area contributed by atoms with Crippen molar-refractivity contribution in [3.05, 3.63) is 36.0 Å². The maximum Gasteiger partial charge on any atom is 0.305 e. The van der Waals surface area contributed by atoms with Crippen LogP contribution in [0.4, 0.5) is 0 Å². The molecule has 0 aromatic heterocycles. The van der Waals surface area contributed by atoms with Gasteiger partial charge in [-0.3, -0.25) is 4.79 Å². The van der Waals surface area contributed by atoms with E-state index in [1.165, 1.54) is 12.7 Å². The number of aliphatic hydroxyl groups excluding tert-OH is 1. The maximum atomic E-state index is 11.4. The highest BCUT2D eigenvalue weighted by Crippen LogP contribution is 2.41. The van der Waals surface area contributed by atoms with E-state index in [0.717, 1.165) is 77.4 Å². The van der Waals surface area contributed by atoms with Crippen molar-refractivity contribution in [1.82, 2.24) is 0 Å². The minimum Gasteiger partial charge on any atom is -0.469 e. The Morgan fingerprint density at radius 2 is 1.76 bits per heavy atom. The van der Waals surface area contributed by atoms with Crippen molar-refractivity contribution in [3.63, 3.8) is 0 Å². The summed E-state index contributed by atoms with van der Waals surface area (Å²) >= 11 is 0. The average molecular weight is 577 g/mol. The first kappa shape index (κ1) is 34.0. The highest BCUT2D eigenvalue weighted by molar-refractivity contribution is 5.69. The molecule has 1 N–H and O–H groups in total. The highest BCUT2D eigenvalue weighted by atomic mass is 16.7. The third kappa shape index (κ3) is 11.6. The Morgan fingerprint density at radius 1 is 1.05 bits per heavy atom. The molecule has 3 fully saturated rings. The molecule has 0 radical (unpaired) electrons. The summed E-state index contributed by atoms with van der Waals surface area (Å²) in [6, 6.07) is 0. The fourth-order valence-corrected chi connectivity index (χ4v) is 5.96. The van der Waals surface area contributed by atoms with Gasteiger partial charge in [-0.15, -0.1) is 0 Å². The topological polar surface area (TPSA) is 83.5 Å². The molecule has 7 nitrogen and oxygen atoms in total. The van der Waals surface area contributed by atoms with E-state index < -0.39 is 6.10 Å². The Balaban J connectivity index is 1.77. The Kier molecular flexibility index (Phi) is 14.6.